The van der Waals surface area contributed by atoms with E-state index in [1.54, 1.807) is 24.6 Å². The van der Waals surface area contributed by atoms with Gasteiger partial charge in [-0.05, 0) is 50.3 Å². The number of likely N-dealkylation sites (N-methyl/N-ethyl adjacent to an activating group) is 1. The summed E-state index contributed by atoms with van der Waals surface area (Å²) in [4.78, 5) is 40.8. The Hall–Kier alpha value is -3.65. The van der Waals surface area contributed by atoms with Gasteiger partial charge in [-0.25, -0.2) is 0 Å². The summed E-state index contributed by atoms with van der Waals surface area (Å²) in [6.45, 7) is 3.17. The number of halogens is 1. The van der Waals surface area contributed by atoms with Gasteiger partial charge in [0.15, 0.2) is 0 Å². The van der Waals surface area contributed by atoms with Crippen molar-refractivity contribution in [2.75, 3.05) is 7.05 Å². The molecule has 1 fully saturated rings. The molecule has 9 heteroatoms. The van der Waals surface area contributed by atoms with Crippen LogP contribution in [0.2, 0.25) is 5.02 Å². The van der Waals surface area contributed by atoms with Gasteiger partial charge in [-0.1, -0.05) is 53.2 Å². The first-order chi connectivity index (χ1) is 17.8. The molecule has 0 unspecified atom stereocenters. The van der Waals surface area contributed by atoms with Crippen LogP contribution in [-0.4, -0.2) is 39.5 Å². The summed E-state index contributed by atoms with van der Waals surface area (Å²) in [5.41, 5.74) is 1.75. The fourth-order valence-electron chi connectivity index (χ4n) is 5.51. The van der Waals surface area contributed by atoms with E-state index in [1.165, 1.54) is 11.8 Å². The summed E-state index contributed by atoms with van der Waals surface area (Å²) in [6.07, 6.45) is 2.99. The van der Waals surface area contributed by atoms with Crippen molar-refractivity contribution in [3.8, 4) is 0 Å². The number of fused-ring (bicyclic) bond motifs is 3. The van der Waals surface area contributed by atoms with E-state index in [1.807, 2.05) is 42.5 Å². The van der Waals surface area contributed by atoms with Crippen LogP contribution in [0.5, 0.6) is 0 Å². The molecular formula is C28H29ClN4O4. The number of rotatable bonds is 5. The number of hydrogen-bond acceptors (Lipinski definition) is 5. The van der Waals surface area contributed by atoms with Crippen molar-refractivity contribution < 1.29 is 14.1 Å². The van der Waals surface area contributed by atoms with Crippen LogP contribution in [0.15, 0.2) is 57.8 Å². The largest absolute Gasteiger partial charge is 0.360 e. The van der Waals surface area contributed by atoms with Crippen molar-refractivity contribution in [2.45, 2.75) is 57.7 Å². The monoisotopic (exact) mass is 520 g/mol. The minimum atomic E-state index is -0.738. The molecule has 0 spiro atoms. The van der Waals surface area contributed by atoms with E-state index in [0.29, 0.717) is 39.0 Å². The molecule has 2 aromatic heterocycles. The number of nitrogens with zero attached hydrogens (tertiary/aromatic N) is 3. The van der Waals surface area contributed by atoms with Crippen LogP contribution in [0.25, 0.3) is 21.8 Å². The second-order valence-corrected chi connectivity index (χ2v) is 10.1. The fraction of sp³-hybridized carbons (Fsp3) is 0.357. The van der Waals surface area contributed by atoms with Gasteiger partial charge in [-0.15, -0.1) is 0 Å². The number of aromatic nitrogens is 2. The Morgan fingerprint density at radius 2 is 1.89 bits per heavy atom. The first kappa shape index (κ1) is 25.0. The SMILES string of the molecule is CC(=O)N(C)[C@@H](C(=O)N[C@@H]1CCC[C@@H](n2c(=O)c3c(C)onc3c3c(Cl)cccc32)C1)c1ccccc1. The van der Waals surface area contributed by atoms with Crippen molar-refractivity contribution in [3.63, 3.8) is 0 Å². The van der Waals surface area contributed by atoms with Gasteiger partial charge in [0, 0.05) is 31.4 Å². The van der Waals surface area contributed by atoms with Crippen LogP contribution in [-0.2, 0) is 9.59 Å². The Morgan fingerprint density at radius 3 is 2.62 bits per heavy atom. The maximum atomic E-state index is 13.7. The Kier molecular flexibility index (Phi) is 6.77. The first-order valence-electron chi connectivity index (χ1n) is 12.4. The average Bonchev–Trinajstić information content (AvgIpc) is 3.26. The average molecular weight is 521 g/mol. The van der Waals surface area contributed by atoms with E-state index in [-0.39, 0.29) is 29.5 Å². The van der Waals surface area contributed by atoms with Crippen molar-refractivity contribution >= 4 is 45.2 Å². The van der Waals surface area contributed by atoms with Crippen LogP contribution < -0.4 is 10.9 Å². The number of hydrogen-bond donors (Lipinski definition) is 1. The molecule has 2 aromatic carbocycles. The molecule has 4 aromatic rings. The Morgan fingerprint density at radius 1 is 1.14 bits per heavy atom. The van der Waals surface area contributed by atoms with Gasteiger partial charge >= 0.3 is 0 Å². The normalized spacial score (nSPS) is 18.6. The van der Waals surface area contributed by atoms with E-state index in [9.17, 15) is 14.4 Å². The summed E-state index contributed by atoms with van der Waals surface area (Å²) in [6, 6.07) is 13.7. The number of pyridine rings is 1. The highest BCUT2D eigenvalue weighted by molar-refractivity contribution is 6.37. The zero-order valence-electron chi connectivity index (χ0n) is 21.0. The number of aryl methyl sites for hydroxylation is 1. The van der Waals surface area contributed by atoms with Crippen molar-refractivity contribution in [1.82, 2.24) is 19.9 Å². The van der Waals surface area contributed by atoms with Crippen LogP contribution in [0, 0.1) is 6.92 Å². The van der Waals surface area contributed by atoms with Gasteiger partial charge in [-0.3, -0.25) is 14.4 Å². The van der Waals surface area contributed by atoms with Gasteiger partial charge in [0.1, 0.15) is 22.7 Å². The maximum Gasteiger partial charge on any atom is 0.264 e. The number of carbonyl (C=O) groups is 2. The lowest BCUT2D eigenvalue weighted by atomic mass is 9.89. The lowest BCUT2D eigenvalue weighted by molar-refractivity contribution is -0.138. The molecule has 1 N–H and O–H groups in total. The molecule has 3 atom stereocenters. The topological polar surface area (TPSA) is 97.4 Å². The number of nitrogens with one attached hydrogen (secondary N) is 1. The van der Waals surface area contributed by atoms with Crippen LogP contribution in [0.4, 0.5) is 0 Å². The first-order valence-corrected chi connectivity index (χ1v) is 12.8. The molecule has 8 nitrogen and oxygen atoms in total. The molecule has 0 aliphatic heterocycles. The van der Waals surface area contributed by atoms with Crippen LogP contribution in [0.1, 0.15) is 56.0 Å². The summed E-state index contributed by atoms with van der Waals surface area (Å²) in [5, 5.41) is 8.92. The molecule has 0 bridgehead atoms. The van der Waals surface area contributed by atoms with Crippen molar-refractivity contribution in [1.29, 1.82) is 0 Å². The lowest BCUT2D eigenvalue weighted by Gasteiger charge is -2.34. The minimum Gasteiger partial charge on any atom is -0.360 e. The number of benzene rings is 2. The molecule has 0 radical (unpaired) electrons. The molecule has 2 heterocycles. The predicted octanol–water partition coefficient (Wildman–Crippen LogP) is 4.92. The zero-order chi connectivity index (χ0) is 26.3. The third kappa shape index (κ3) is 4.50. The summed E-state index contributed by atoms with van der Waals surface area (Å²) < 4.78 is 7.17. The summed E-state index contributed by atoms with van der Waals surface area (Å²) >= 11 is 6.57. The predicted molar refractivity (Wildman–Crippen MR) is 143 cm³/mol. The molecule has 192 valence electrons. The van der Waals surface area contributed by atoms with Gasteiger partial charge in [0.2, 0.25) is 11.8 Å². The molecular weight excluding hydrogens is 492 g/mol. The minimum absolute atomic E-state index is 0.146. The molecule has 1 saturated carbocycles. The highest BCUT2D eigenvalue weighted by Crippen LogP contribution is 2.35. The molecule has 0 saturated heterocycles. The van der Waals surface area contributed by atoms with Gasteiger partial charge in [0.25, 0.3) is 5.56 Å². The Bertz CT molecular complexity index is 1540. The molecule has 37 heavy (non-hydrogen) atoms. The van der Waals surface area contributed by atoms with E-state index < -0.39 is 6.04 Å². The second-order valence-electron chi connectivity index (χ2n) is 9.74. The molecule has 2 amide bonds. The highest BCUT2D eigenvalue weighted by Gasteiger charge is 2.32. The van der Waals surface area contributed by atoms with E-state index >= 15 is 0 Å². The van der Waals surface area contributed by atoms with E-state index in [4.69, 9.17) is 16.1 Å². The number of carbonyl (C=O) groups excluding carboxylic acids is 2. The maximum absolute atomic E-state index is 13.7. The smallest absolute Gasteiger partial charge is 0.264 e. The van der Waals surface area contributed by atoms with Crippen LogP contribution in [0.3, 0.4) is 0 Å². The second kappa shape index (κ2) is 10.0. The molecule has 1 aliphatic rings. The standard InChI is InChI=1S/C28H29ClN4O4/c1-16-23-25(31-37-16)24-21(29)13-8-14-22(24)33(28(23)36)20-12-7-11-19(15-20)30-27(35)26(32(3)17(2)34)18-9-5-4-6-10-18/h4-6,8-10,13-14,19-20,26H,7,11-12,15H2,1-3H3,(H,30,35)/t19-,20-,26-/m1/s1. The van der Waals surface area contributed by atoms with Gasteiger partial charge < -0.3 is 19.3 Å². The van der Waals surface area contributed by atoms with Crippen LogP contribution >= 0.6 is 11.6 Å². The van der Waals surface area contributed by atoms with Crippen molar-refractivity contribution in [3.05, 3.63) is 75.2 Å². The van der Waals surface area contributed by atoms with Gasteiger partial charge in [0.05, 0.1) is 10.5 Å². The zero-order valence-corrected chi connectivity index (χ0v) is 21.8. The third-order valence-electron chi connectivity index (χ3n) is 7.39. The molecule has 1 aliphatic carbocycles. The molecule has 5 rings (SSSR count). The third-order valence-corrected chi connectivity index (χ3v) is 7.70. The number of amides is 2. The lowest BCUT2D eigenvalue weighted by Crippen LogP contribution is -2.46. The quantitative estimate of drug-likeness (QED) is 0.402. The summed E-state index contributed by atoms with van der Waals surface area (Å²) in [5.74, 6) is 0.0205. The summed E-state index contributed by atoms with van der Waals surface area (Å²) in [7, 11) is 1.63. The van der Waals surface area contributed by atoms with Gasteiger partial charge in [-0.2, -0.15) is 0 Å². The Labute approximate surface area is 219 Å². The highest BCUT2D eigenvalue weighted by atomic mass is 35.5. The fourth-order valence-corrected chi connectivity index (χ4v) is 5.77. The van der Waals surface area contributed by atoms with E-state index in [0.717, 1.165) is 24.8 Å². The van der Waals surface area contributed by atoms with E-state index in [2.05, 4.69) is 10.5 Å². The van der Waals surface area contributed by atoms with Crippen molar-refractivity contribution in [2.24, 2.45) is 0 Å². The Balaban J connectivity index is 1.48.